The molecule has 0 saturated heterocycles. The lowest BCUT2D eigenvalue weighted by Gasteiger charge is -1.95. The zero-order valence-corrected chi connectivity index (χ0v) is 5.62. The Morgan fingerprint density at radius 3 is 2.90 bits per heavy atom. The van der Waals surface area contributed by atoms with Crippen LogP contribution in [-0.2, 0) is 9.53 Å². The van der Waals surface area contributed by atoms with Crippen molar-refractivity contribution < 1.29 is 14.6 Å². The minimum absolute atomic E-state index is 0.102. The number of carbonyl (C=O) groups excluding carboxylic acids is 1. The molecule has 0 fully saturated rings. The van der Waals surface area contributed by atoms with Gasteiger partial charge in [0, 0.05) is 0 Å². The predicted molar refractivity (Wildman–Crippen MR) is 37.5 cm³/mol. The Labute approximate surface area is 59.6 Å². The van der Waals surface area contributed by atoms with Crippen molar-refractivity contribution in [2.75, 3.05) is 6.61 Å². The van der Waals surface area contributed by atoms with Crippen LogP contribution in [0.5, 0.6) is 0 Å². The van der Waals surface area contributed by atoms with Gasteiger partial charge in [0.1, 0.15) is 6.61 Å². The van der Waals surface area contributed by atoms with Crippen LogP contribution in [-0.4, -0.2) is 17.7 Å². The van der Waals surface area contributed by atoms with E-state index < -0.39 is 0 Å². The van der Waals surface area contributed by atoms with Crippen molar-refractivity contribution >= 4 is 5.97 Å². The highest BCUT2D eigenvalue weighted by Crippen LogP contribution is 1.87. The second kappa shape index (κ2) is 5.88. The van der Waals surface area contributed by atoms with Crippen LogP contribution in [0.1, 0.15) is 6.42 Å². The van der Waals surface area contributed by atoms with Gasteiger partial charge in [0.15, 0.2) is 0 Å². The van der Waals surface area contributed by atoms with Gasteiger partial charge in [-0.25, -0.2) is 0 Å². The molecule has 0 aromatic rings. The van der Waals surface area contributed by atoms with Gasteiger partial charge in [0.25, 0.3) is 0 Å². The molecule has 0 aromatic carbocycles. The lowest BCUT2D eigenvalue weighted by atomic mass is 10.4. The molecule has 0 atom stereocenters. The number of carbonyl (C=O) groups is 1. The van der Waals surface area contributed by atoms with E-state index in [2.05, 4.69) is 11.3 Å². The molecule has 0 amide bonds. The maximum absolute atomic E-state index is 10.5. The van der Waals surface area contributed by atoms with Crippen molar-refractivity contribution in [3.05, 3.63) is 25.0 Å². The van der Waals surface area contributed by atoms with Gasteiger partial charge in [-0.3, -0.25) is 4.79 Å². The van der Waals surface area contributed by atoms with Crippen LogP contribution >= 0.6 is 0 Å². The third-order valence-electron chi connectivity index (χ3n) is 0.752. The minimum Gasteiger partial charge on any atom is -0.516 e. The summed E-state index contributed by atoms with van der Waals surface area (Å²) in [5.74, 6) is -0.370. The molecule has 0 spiro atoms. The fourth-order valence-electron chi connectivity index (χ4n) is 0.360. The first-order valence-electron chi connectivity index (χ1n) is 2.87. The maximum Gasteiger partial charge on any atom is 0.310 e. The average molecular weight is 142 g/mol. The number of aliphatic hydroxyl groups is 1. The molecule has 0 aromatic heterocycles. The van der Waals surface area contributed by atoms with Gasteiger partial charge in [0.05, 0.1) is 12.7 Å². The quantitative estimate of drug-likeness (QED) is 0.364. The number of aliphatic hydroxyl groups excluding tert-OH is 1. The Hall–Kier alpha value is -1.25. The van der Waals surface area contributed by atoms with Crippen molar-refractivity contribution in [3.63, 3.8) is 0 Å². The monoisotopic (exact) mass is 142 g/mol. The number of esters is 1. The summed E-state index contributed by atoms with van der Waals surface area (Å²) in [6.45, 7) is 3.59. The lowest BCUT2D eigenvalue weighted by molar-refractivity contribution is -0.141. The van der Waals surface area contributed by atoms with Crippen LogP contribution < -0.4 is 0 Å². The Kier molecular flexibility index (Phi) is 5.14. The minimum atomic E-state index is -0.370. The molecule has 0 saturated carbocycles. The summed E-state index contributed by atoms with van der Waals surface area (Å²) in [6.07, 6.45) is 3.71. The number of hydrogen-bond donors (Lipinski definition) is 1. The molecule has 0 aliphatic rings. The molecule has 0 heterocycles. The van der Waals surface area contributed by atoms with Crippen LogP contribution in [0.3, 0.4) is 0 Å². The Bertz CT molecular complexity index is 138. The molecule has 56 valence electrons. The topological polar surface area (TPSA) is 46.5 Å². The van der Waals surface area contributed by atoms with Crippen molar-refractivity contribution in [2.45, 2.75) is 6.42 Å². The molecule has 3 nitrogen and oxygen atoms in total. The van der Waals surface area contributed by atoms with E-state index in [0.717, 1.165) is 6.26 Å². The van der Waals surface area contributed by atoms with Gasteiger partial charge >= 0.3 is 5.97 Å². The number of rotatable bonds is 4. The largest absolute Gasteiger partial charge is 0.516 e. The van der Waals surface area contributed by atoms with Gasteiger partial charge in [-0.1, -0.05) is 12.7 Å². The molecule has 0 rings (SSSR count). The number of ether oxygens (including phenoxy) is 1. The van der Waals surface area contributed by atoms with E-state index in [4.69, 9.17) is 5.11 Å². The van der Waals surface area contributed by atoms with Crippen LogP contribution in [0.4, 0.5) is 0 Å². The summed E-state index contributed by atoms with van der Waals surface area (Å²) in [6, 6.07) is 0. The van der Waals surface area contributed by atoms with Gasteiger partial charge in [0.2, 0.25) is 0 Å². The fourth-order valence-corrected chi connectivity index (χ4v) is 0.360. The molecular formula is C7H10O3. The average Bonchev–Trinajstić information content (AvgIpc) is 1.97. The zero-order valence-electron chi connectivity index (χ0n) is 5.62. The standard InChI is InChI=1S/C7H10O3/c1-2-6-10-7(9)4-3-5-8/h2-3,5,8H,1,4,6H2. The van der Waals surface area contributed by atoms with E-state index in [1.807, 2.05) is 0 Å². The summed E-state index contributed by atoms with van der Waals surface area (Å²) in [4.78, 5) is 10.5. The Balaban J connectivity index is 3.34. The third kappa shape index (κ3) is 4.90. The molecule has 1 N–H and O–H groups in total. The van der Waals surface area contributed by atoms with Gasteiger partial charge in [-0.05, 0) is 6.08 Å². The summed E-state index contributed by atoms with van der Waals surface area (Å²) in [7, 11) is 0. The predicted octanol–water partition coefficient (Wildman–Crippen LogP) is 1.18. The number of hydrogen-bond acceptors (Lipinski definition) is 3. The zero-order chi connectivity index (χ0) is 7.82. The van der Waals surface area contributed by atoms with Gasteiger partial charge < -0.3 is 9.84 Å². The highest BCUT2D eigenvalue weighted by molar-refractivity contribution is 5.71. The van der Waals surface area contributed by atoms with E-state index in [1.165, 1.54) is 12.2 Å². The molecular weight excluding hydrogens is 132 g/mol. The SMILES string of the molecule is C=CCOC(=O)CC=CO. The van der Waals surface area contributed by atoms with Gasteiger partial charge in [-0.15, -0.1) is 0 Å². The van der Waals surface area contributed by atoms with Crippen LogP contribution in [0.2, 0.25) is 0 Å². The second-order valence-electron chi connectivity index (χ2n) is 1.56. The summed E-state index contributed by atoms with van der Waals surface area (Å²) in [5, 5.41) is 8.13. The first-order chi connectivity index (χ1) is 4.81. The van der Waals surface area contributed by atoms with Crippen LogP contribution in [0, 0.1) is 0 Å². The fraction of sp³-hybridized carbons (Fsp3) is 0.286. The van der Waals surface area contributed by atoms with E-state index >= 15 is 0 Å². The maximum atomic E-state index is 10.5. The molecule has 3 heteroatoms. The van der Waals surface area contributed by atoms with Crippen LogP contribution in [0.15, 0.2) is 25.0 Å². The first-order valence-corrected chi connectivity index (χ1v) is 2.87. The van der Waals surface area contributed by atoms with E-state index in [9.17, 15) is 4.79 Å². The second-order valence-corrected chi connectivity index (χ2v) is 1.56. The van der Waals surface area contributed by atoms with E-state index in [1.54, 1.807) is 0 Å². The summed E-state index contributed by atoms with van der Waals surface area (Å²) in [5.41, 5.74) is 0. The van der Waals surface area contributed by atoms with E-state index in [-0.39, 0.29) is 19.0 Å². The summed E-state index contributed by atoms with van der Waals surface area (Å²) >= 11 is 0. The molecule has 0 radical (unpaired) electrons. The lowest BCUT2D eigenvalue weighted by Crippen LogP contribution is -2.01. The van der Waals surface area contributed by atoms with Crippen LogP contribution in [0.25, 0.3) is 0 Å². The van der Waals surface area contributed by atoms with Crippen molar-refractivity contribution in [1.29, 1.82) is 0 Å². The highest BCUT2D eigenvalue weighted by Gasteiger charge is 1.95. The molecule has 0 aliphatic heterocycles. The van der Waals surface area contributed by atoms with E-state index in [0.29, 0.717) is 0 Å². The normalized spacial score (nSPS) is 9.60. The van der Waals surface area contributed by atoms with Gasteiger partial charge in [-0.2, -0.15) is 0 Å². The Morgan fingerprint density at radius 1 is 1.70 bits per heavy atom. The Morgan fingerprint density at radius 2 is 2.40 bits per heavy atom. The molecule has 0 bridgehead atoms. The highest BCUT2D eigenvalue weighted by atomic mass is 16.5. The smallest absolute Gasteiger partial charge is 0.310 e. The van der Waals surface area contributed by atoms with Crippen molar-refractivity contribution in [1.82, 2.24) is 0 Å². The van der Waals surface area contributed by atoms with Crippen molar-refractivity contribution in [3.8, 4) is 0 Å². The van der Waals surface area contributed by atoms with Crippen molar-refractivity contribution in [2.24, 2.45) is 0 Å². The third-order valence-corrected chi connectivity index (χ3v) is 0.752. The molecule has 0 aliphatic carbocycles. The first kappa shape index (κ1) is 8.75. The summed E-state index contributed by atoms with van der Waals surface area (Å²) < 4.78 is 4.57. The molecule has 0 unspecified atom stereocenters. The molecule has 10 heavy (non-hydrogen) atoms.